The summed E-state index contributed by atoms with van der Waals surface area (Å²) in [7, 11) is 4.20. The Hall–Kier alpha value is -7.86. The molecule has 0 aliphatic carbocycles. The number of carbonyl (C=O) groups excluding carboxylic acids is 2. The molecule has 17 heteroatoms. The van der Waals surface area contributed by atoms with E-state index in [0.29, 0.717) is 58.4 Å². The second-order valence-electron chi connectivity index (χ2n) is 24.8. The molecule has 6 aromatic rings. The third-order valence-corrected chi connectivity index (χ3v) is 19.2. The van der Waals surface area contributed by atoms with E-state index < -0.39 is 47.3 Å². The van der Waals surface area contributed by atoms with Crippen LogP contribution in [0.15, 0.2) is 166 Å². The number of piperidine rings is 2. The Bertz CT molecular complexity index is 3600. The number of amidine groups is 2. The van der Waals surface area contributed by atoms with Crippen LogP contribution in [0.2, 0.25) is 0 Å². The van der Waals surface area contributed by atoms with Gasteiger partial charge in [-0.15, -0.1) is 0 Å². The van der Waals surface area contributed by atoms with Crippen molar-refractivity contribution in [2.24, 2.45) is 9.98 Å². The Balaban J connectivity index is 0.000000218. The van der Waals surface area contributed by atoms with Gasteiger partial charge in [0.15, 0.2) is 23.3 Å². The van der Waals surface area contributed by atoms with Crippen LogP contribution < -0.4 is 0 Å². The fourth-order valence-corrected chi connectivity index (χ4v) is 14.2. The number of rotatable bonds is 22. The molecule has 0 saturated carbocycles. The lowest BCUT2D eigenvalue weighted by molar-refractivity contribution is -0.137. The Kier molecular flexibility index (Phi) is 23.2. The van der Waals surface area contributed by atoms with E-state index in [1.54, 1.807) is 21.0 Å². The van der Waals surface area contributed by atoms with Crippen molar-refractivity contribution < 1.29 is 50.1 Å². The highest BCUT2D eigenvalue weighted by Gasteiger charge is 2.42. The van der Waals surface area contributed by atoms with Crippen LogP contribution in [0.5, 0.6) is 0 Å². The van der Waals surface area contributed by atoms with Gasteiger partial charge in [0, 0.05) is 31.0 Å². The number of hydrogen-bond donors (Lipinski definition) is 0. The molecule has 2 unspecified atom stereocenters. The molecule has 488 valence electrons. The van der Waals surface area contributed by atoms with Gasteiger partial charge in [0.2, 0.25) is 0 Å². The molecule has 92 heavy (non-hydrogen) atoms. The van der Waals surface area contributed by atoms with Crippen molar-refractivity contribution in [1.29, 1.82) is 0 Å². The van der Waals surface area contributed by atoms with E-state index in [1.165, 1.54) is 72.9 Å². The molecule has 0 radical (unpaired) electrons. The predicted octanol–water partition coefficient (Wildman–Crippen LogP) is 15.4. The highest BCUT2D eigenvalue weighted by atomic mass is 19.2. The van der Waals surface area contributed by atoms with Crippen molar-refractivity contribution in [2.75, 3.05) is 80.3 Å². The summed E-state index contributed by atoms with van der Waals surface area (Å²) in [6.45, 7) is 16.8. The number of unbranched alkanes of at least 4 members (excludes halogenated alkanes) is 4. The number of allylic oxidation sites excluding steroid dienone is 2. The maximum atomic E-state index is 14.4. The number of esters is 2. The third-order valence-electron chi connectivity index (χ3n) is 19.2. The molecule has 6 aromatic carbocycles. The minimum absolute atomic E-state index is 0.0126. The number of methoxy groups -OCH3 is 3. The van der Waals surface area contributed by atoms with Crippen molar-refractivity contribution in [3.63, 3.8) is 0 Å². The number of hydrogen-bond acceptors (Lipinski definition) is 11. The lowest BCUT2D eigenvalue weighted by atomic mass is 9.66. The van der Waals surface area contributed by atoms with Crippen molar-refractivity contribution in [3.05, 3.63) is 235 Å². The standard InChI is InChI=1S/C39H47F2N3O3.C36H39F4N3O2/c1-27-13-16-31(17-14-27)39(32-12-8-7-11-28(32)2)19-23-43(24-20-39)21-9-6-10-22-44-35(26-46-4)42-29(3)36(38(45)47-5)37(44)30-15-18-33(40)34(41)25-30;1-24-33(35(44)45-3)34(26-7-16-31(39)32(40)23-26)43(25(2)41-24)20-6-4-5-19-42-21-17-36(18-22-42,27-8-12-29(37)13-9-27)28-10-14-30(38)15-11-28/h7-8,11-18,25,37H,6,9-10,19-24,26H2,1-5H3;7-16,23,34H,4-6,17-22H2,1-3H3. The molecule has 0 aromatic heterocycles. The Morgan fingerprint density at radius 3 is 1.37 bits per heavy atom. The highest BCUT2D eigenvalue weighted by molar-refractivity contribution is 5.96. The normalized spacial score (nSPS) is 18.5. The number of carbonyl (C=O) groups is 2. The third kappa shape index (κ3) is 15.6. The summed E-state index contributed by atoms with van der Waals surface area (Å²) in [5, 5.41) is 0. The molecular formula is C75H86F6N6O5. The van der Waals surface area contributed by atoms with Crippen molar-refractivity contribution in [2.45, 2.75) is 122 Å². The zero-order valence-electron chi connectivity index (χ0n) is 54.3. The first-order chi connectivity index (χ1) is 44.3. The summed E-state index contributed by atoms with van der Waals surface area (Å²) in [5.74, 6) is -4.12. The maximum Gasteiger partial charge on any atom is 0.338 e. The summed E-state index contributed by atoms with van der Waals surface area (Å²) < 4.78 is 99.5. The van der Waals surface area contributed by atoms with Crippen LogP contribution in [0.4, 0.5) is 26.3 Å². The van der Waals surface area contributed by atoms with Gasteiger partial charge in [-0.2, -0.15) is 0 Å². The lowest BCUT2D eigenvalue weighted by Gasteiger charge is -2.43. The Morgan fingerprint density at radius 1 is 0.478 bits per heavy atom. The molecule has 0 spiro atoms. The number of nitrogens with zero attached hydrogens (tertiary/aromatic N) is 6. The topological polar surface area (TPSA) is 99.5 Å². The molecule has 2 fully saturated rings. The van der Waals surface area contributed by atoms with E-state index in [1.807, 2.05) is 41.0 Å². The molecule has 4 heterocycles. The van der Waals surface area contributed by atoms with Crippen molar-refractivity contribution in [1.82, 2.24) is 19.6 Å². The number of halogens is 6. The minimum Gasteiger partial charge on any atom is -0.466 e. The number of aliphatic imine (C=N–C) groups is 2. The molecule has 10 rings (SSSR count). The van der Waals surface area contributed by atoms with Gasteiger partial charge in [0.1, 0.15) is 29.9 Å². The number of aryl methyl sites for hydroxylation is 2. The molecule has 0 N–H and O–H groups in total. The van der Waals surface area contributed by atoms with Gasteiger partial charge >= 0.3 is 11.9 Å². The molecule has 2 saturated heterocycles. The van der Waals surface area contributed by atoms with E-state index in [4.69, 9.17) is 14.2 Å². The molecule has 4 aliphatic heterocycles. The summed E-state index contributed by atoms with van der Waals surface area (Å²) >= 11 is 0. The van der Waals surface area contributed by atoms with Crippen LogP contribution in [0, 0.1) is 48.8 Å². The van der Waals surface area contributed by atoms with Gasteiger partial charge in [-0.1, -0.05) is 103 Å². The Morgan fingerprint density at radius 2 is 0.902 bits per heavy atom. The first kappa shape index (κ1) is 68.5. The average molecular weight is 1270 g/mol. The SMILES string of the molecule is COC(=O)C1=C(C)N=C(C)N(CCCCCN2CCC(c3ccc(F)cc3)(c3ccc(F)cc3)CC2)C1c1ccc(F)c(F)c1.COCC1=NC(C)=C(C(=O)OC)C(c2ccc(F)c(F)c2)N1CCCCCN1CCC(c2ccc(C)cc2)(c2ccccc2C)CC1. The number of benzene rings is 6. The first-order valence-electron chi connectivity index (χ1n) is 32.0. The van der Waals surface area contributed by atoms with Crippen LogP contribution in [0.3, 0.4) is 0 Å². The summed E-state index contributed by atoms with van der Waals surface area (Å²) in [4.78, 5) is 44.0. The largest absolute Gasteiger partial charge is 0.466 e. The smallest absolute Gasteiger partial charge is 0.338 e. The van der Waals surface area contributed by atoms with E-state index in [9.17, 15) is 35.9 Å². The fraction of sp³-hybridized carbons (Fsp3) is 0.413. The number of likely N-dealkylation sites (tertiary alicyclic amines) is 2. The molecular weight excluding hydrogens is 1180 g/mol. The monoisotopic (exact) mass is 1260 g/mol. The Labute approximate surface area is 538 Å². The van der Waals surface area contributed by atoms with Crippen LogP contribution in [-0.2, 0) is 34.6 Å². The van der Waals surface area contributed by atoms with Gasteiger partial charge in [-0.3, -0.25) is 0 Å². The average Bonchev–Trinajstić information content (AvgIpc) is 0.796. The van der Waals surface area contributed by atoms with E-state index in [0.717, 1.165) is 139 Å². The second kappa shape index (κ2) is 31.2. The van der Waals surface area contributed by atoms with E-state index in [2.05, 4.69) is 82.2 Å². The quantitative estimate of drug-likeness (QED) is 0.0374. The van der Waals surface area contributed by atoms with Crippen LogP contribution in [0.1, 0.15) is 142 Å². The molecule has 0 amide bonds. The second-order valence-corrected chi connectivity index (χ2v) is 24.8. The zero-order chi connectivity index (χ0) is 65.7. The highest BCUT2D eigenvalue weighted by Crippen LogP contribution is 2.45. The van der Waals surface area contributed by atoms with Gasteiger partial charge in [-0.05, 0) is 213 Å². The minimum atomic E-state index is -0.973. The fourth-order valence-electron chi connectivity index (χ4n) is 14.2. The zero-order valence-corrected chi connectivity index (χ0v) is 54.3. The van der Waals surface area contributed by atoms with Crippen LogP contribution >= 0.6 is 0 Å². The summed E-state index contributed by atoms with van der Waals surface area (Å²) in [5.41, 5.74) is 9.78. The van der Waals surface area contributed by atoms with Gasteiger partial charge < -0.3 is 33.8 Å². The van der Waals surface area contributed by atoms with Crippen LogP contribution in [-0.4, -0.2) is 124 Å². The number of ether oxygens (including phenoxy) is 3. The van der Waals surface area contributed by atoms with Gasteiger partial charge in [0.05, 0.1) is 48.8 Å². The van der Waals surface area contributed by atoms with E-state index >= 15 is 0 Å². The molecule has 2 atom stereocenters. The van der Waals surface area contributed by atoms with Crippen LogP contribution in [0.25, 0.3) is 0 Å². The van der Waals surface area contributed by atoms with Gasteiger partial charge in [-0.25, -0.2) is 45.9 Å². The summed E-state index contributed by atoms with van der Waals surface area (Å²) in [6, 6.07) is 37.4. The molecule has 11 nitrogen and oxygen atoms in total. The first-order valence-corrected chi connectivity index (χ1v) is 32.0. The summed E-state index contributed by atoms with van der Waals surface area (Å²) in [6.07, 6.45) is 9.34. The van der Waals surface area contributed by atoms with Crippen molar-refractivity contribution >= 4 is 23.6 Å². The molecule has 4 aliphatic rings. The molecule has 0 bridgehead atoms. The van der Waals surface area contributed by atoms with Crippen molar-refractivity contribution in [3.8, 4) is 0 Å². The van der Waals surface area contributed by atoms with E-state index in [-0.39, 0.29) is 29.1 Å². The van der Waals surface area contributed by atoms with Gasteiger partial charge in [0.25, 0.3) is 0 Å². The lowest BCUT2D eigenvalue weighted by Crippen LogP contribution is -2.44. The maximum absolute atomic E-state index is 14.4. The predicted molar refractivity (Wildman–Crippen MR) is 349 cm³/mol.